The molecule has 0 N–H and O–H groups in total. The van der Waals surface area contributed by atoms with Crippen LogP contribution in [0, 0.1) is 0 Å². The lowest BCUT2D eigenvalue weighted by Crippen LogP contribution is -1.96. The van der Waals surface area contributed by atoms with Gasteiger partial charge in [0.15, 0.2) is 0 Å². The summed E-state index contributed by atoms with van der Waals surface area (Å²) in [4.78, 5) is 20.7. The van der Waals surface area contributed by atoms with Crippen molar-refractivity contribution in [1.29, 1.82) is 0 Å². The number of ether oxygens (including phenoxy) is 2. The summed E-state index contributed by atoms with van der Waals surface area (Å²) in [6.07, 6.45) is 5.22. The maximum atomic E-state index is 11.4. The highest BCUT2D eigenvalue weighted by Crippen LogP contribution is 2.27. The normalized spacial score (nSPS) is 10.9. The van der Waals surface area contributed by atoms with Crippen LogP contribution in [-0.2, 0) is 4.74 Å². The van der Waals surface area contributed by atoms with Crippen molar-refractivity contribution in [2.45, 2.75) is 0 Å². The Morgan fingerprint density at radius 1 is 1.25 bits per heavy atom. The van der Waals surface area contributed by atoms with Gasteiger partial charge in [0.25, 0.3) is 0 Å². The van der Waals surface area contributed by atoms with Gasteiger partial charge in [-0.25, -0.2) is 14.8 Å². The van der Waals surface area contributed by atoms with Crippen LogP contribution in [0.2, 0.25) is 0 Å². The molecule has 0 amide bonds. The van der Waals surface area contributed by atoms with Crippen LogP contribution in [0.25, 0.3) is 22.7 Å². The van der Waals surface area contributed by atoms with E-state index in [9.17, 15) is 4.79 Å². The van der Waals surface area contributed by atoms with Crippen LogP contribution in [0.3, 0.4) is 0 Å². The highest BCUT2D eigenvalue weighted by molar-refractivity contribution is 7.14. The van der Waals surface area contributed by atoms with Gasteiger partial charge >= 0.3 is 5.97 Å². The van der Waals surface area contributed by atoms with Gasteiger partial charge in [0, 0.05) is 10.9 Å². The van der Waals surface area contributed by atoms with Crippen LogP contribution in [0.5, 0.6) is 5.75 Å². The maximum absolute atomic E-state index is 11.4. The first-order valence-corrected chi connectivity index (χ1v) is 8.71. The van der Waals surface area contributed by atoms with Gasteiger partial charge in [0.1, 0.15) is 20.6 Å². The van der Waals surface area contributed by atoms with Crippen LogP contribution in [0.1, 0.15) is 20.4 Å². The molecule has 0 saturated heterocycles. The van der Waals surface area contributed by atoms with Crippen molar-refractivity contribution in [3.8, 4) is 16.3 Å². The maximum Gasteiger partial charge on any atom is 0.349 e. The number of hydrogen-bond acceptors (Lipinski definition) is 7. The van der Waals surface area contributed by atoms with Gasteiger partial charge in [0.05, 0.1) is 26.1 Å². The van der Waals surface area contributed by atoms with Gasteiger partial charge in [-0.2, -0.15) is 0 Å². The van der Waals surface area contributed by atoms with Crippen molar-refractivity contribution in [2.75, 3.05) is 14.2 Å². The molecule has 5 nitrogen and oxygen atoms in total. The molecule has 0 atom stereocenters. The smallest absolute Gasteiger partial charge is 0.349 e. The fourth-order valence-electron chi connectivity index (χ4n) is 1.97. The van der Waals surface area contributed by atoms with Gasteiger partial charge < -0.3 is 9.47 Å². The fourth-order valence-corrected chi connectivity index (χ4v) is 3.49. The van der Waals surface area contributed by atoms with E-state index >= 15 is 0 Å². The average Bonchev–Trinajstić information content (AvgIpc) is 3.28. The summed E-state index contributed by atoms with van der Waals surface area (Å²) in [5.41, 5.74) is 1.86. The van der Waals surface area contributed by atoms with E-state index in [4.69, 9.17) is 4.74 Å². The predicted octanol–water partition coefficient (Wildman–Crippen LogP) is 4.23. The molecule has 0 fully saturated rings. The lowest BCUT2D eigenvalue weighted by Gasteiger charge is -2.00. The summed E-state index contributed by atoms with van der Waals surface area (Å²) in [5, 5.41) is 3.62. The number of methoxy groups -OCH3 is 2. The number of rotatable bonds is 5. The molecule has 0 saturated carbocycles. The molecular formula is C17H14N2O3S2. The molecule has 0 aliphatic heterocycles. The van der Waals surface area contributed by atoms with E-state index in [0.29, 0.717) is 4.88 Å². The topological polar surface area (TPSA) is 61.3 Å². The second-order valence-corrected chi connectivity index (χ2v) is 6.62. The minimum absolute atomic E-state index is 0.374. The Morgan fingerprint density at radius 2 is 2.12 bits per heavy atom. The Morgan fingerprint density at radius 3 is 2.92 bits per heavy atom. The zero-order valence-electron chi connectivity index (χ0n) is 13.1. The summed E-state index contributed by atoms with van der Waals surface area (Å²) < 4.78 is 9.91. The first-order valence-electron chi connectivity index (χ1n) is 7.02. The third-order valence-electron chi connectivity index (χ3n) is 3.15. The lowest BCUT2D eigenvalue weighted by atomic mass is 10.2. The molecule has 0 aliphatic carbocycles. The predicted molar refractivity (Wildman–Crippen MR) is 96.5 cm³/mol. The van der Waals surface area contributed by atoms with E-state index in [1.807, 2.05) is 41.8 Å². The van der Waals surface area contributed by atoms with E-state index in [2.05, 4.69) is 14.7 Å². The molecule has 0 spiro atoms. The largest absolute Gasteiger partial charge is 0.497 e. The van der Waals surface area contributed by atoms with Crippen LogP contribution in [-0.4, -0.2) is 30.2 Å². The fraction of sp³-hybridized carbons (Fsp3) is 0.118. The SMILES string of the molecule is COC(=O)c1cnc(/C=C/c2csc(-c3cccc(OC)c3)n2)s1. The van der Waals surface area contributed by atoms with Crippen LogP contribution < -0.4 is 4.74 Å². The van der Waals surface area contributed by atoms with E-state index in [1.165, 1.54) is 24.6 Å². The van der Waals surface area contributed by atoms with Crippen molar-refractivity contribution in [3.63, 3.8) is 0 Å². The van der Waals surface area contributed by atoms with Crippen LogP contribution in [0.15, 0.2) is 35.8 Å². The third kappa shape index (κ3) is 3.69. The Bertz CT molecular complexity index is 883. The van der Waals surface area contributed by atoms with Gasteiger partial charge in [0.2, 0.25) is 0 Å². The van der Waals surface area contributed by atoms with Crippen molar-refractivity contribution < 1.29 is 14.3 Å². The highest BCUT2D eigenvalue weighted by Gasteiger charge is 2.09. The van der Waals surface area contributed by atoms with Crippen molar-refractivity contribution >= 4 is 40.8 Å². The molecule has 0 radical (unpaired) electrons. The minimum Gasteiger partial charge on any atom is -0.497 e. The number of esters is 1. The molecule has 24 heavy (non-hydrogen) atoms. The second-order valence-electron chi connectivity index (χ2n) is 4.70. The van der Waals surface area contributed by atoms with E-state index < -0.39 is 0 Å². The molecule has 7 heteroatoms. The Labute approximate surface area is 147 Å². The van der Waals surface area contributed by atoms with Gasteiger partial charge in [-0.15, -0.1) is 22.7 Å². The monoisotopic (exact) mass is 358 g/mol. The molecule has 2 heterocycles. The molecule has 2 aromatic heterocycles. The van der Waals surface area contributed by atoms with Crippen LogP contribution in [0.4, 0.5) is 0 Å². The molecular weight excluding hydrogens is 344 g/mol. The molecule has 0 bridgehead atoms. The number of nitrogens with zero attached hydrogens (tertiary/aromatic N) is 2. The number of benzene rings is 1. The molecule has 3 aromatic rings. The van der Waals surface area contributed by atoms with E-state index in [-0.39, 0.29) is 5.97 Å². The van der Waals surface area contributed by atoms with Gasteiger partial charge in [-0.1, -0.05) is 12.1 Å². The number of carbonyl (C=O) groups excluding carboxylic acids is 1. The summed E-state index contributed by atoms with van der Waals surface area (Å²) >= 11 is 2.84. The van der Waals surface area contributed by atoms with Crippen molar-refractivity contribution in [1.82, 2.24) is 9.97 Å². The second kappa shape index (κ2) is 7.37. The standard InChI is InChI=1S/C17H14N2O3S2/c1-21-13-5-3-4-11(8-13)16-19-12(10-23-16)6-7-15-18-9-14(24-15)17(20)22-2/h3-10H,1-2H3/b7-6+. The van der Waals surface area contributed by atoms with Crippen LogP contribution >= 0.6 is 22.7 Å². The van der Waals surface area contributed by atoms with E-state index in [0.717, 1.165) is 27.0 Å². The number of aromatic nitrogens is 2. The average molecular weight is 358 g/mol. The lowest BCUT2D eigenvalue weighted by molar-refractivity contribution is 0.0606. The number of carbonyl (C=O) groups is 1. The van der Waals surface area contributed by atoms with Crippen molar-refractivity contribution in [3.05, 3.63) is 51.4 Å². The van der Waals surface area contributed by atoms with E-state index in [1.54, 1.807) is 18.4 Å². The van der Waals surface area contributed by atoms with Crippen molar-refractivity contribution in [2.24, 2.45) is 0 Å². The molecule has 122 valence electrons. The molecule has 0 aliphatic rings. The summed E-state index contributed by atoms with van der Waals surface area (Å²) in [6.45, 7) is 0. The quantitative estimate of drug-likeness (QED) is 0.639. The summed E-state index contributed by atoms with van der Waals surface area (Å²) in [5.74, 6) is 0.430. The molecule has 3 rings (SSSR count). The Hall–Kier alpha value is -2.51. The zero-order chi connectivity index (χ0) is 16.9. The first-order chi connectivity index (χ1) is 11.7. The number of hydrogen-bond donors (Lipinski definition) is 0. The Balaban J connectivity index is 1.76. The zero-order valence-corrected chi connectivity index (χ0v) is 14.7. The summed E-state index contributed by atoms with van der Waals surface area (Å²) in [7, 11) is 3.00. The van der Waals surface area contributed by atoms with Gasteiger partial charge in [-0.05, 0) is 24.3 Å². The Kier molecular flexibility index (Phi) is 5.02. The highest BCUT2D eigenvalue weighted by atomic mass is 32.1. The molecule has 0 unspecified atom stereocenters. The molecule has 1 aromatic carbocycles. The number of thiazole rings is 2. The third-order valence-corrected chi connectivity index (χ3v) is 5.00. The van der Waals surface area contributed by atoms with Gasteiger partial charge in [-0.3, -0.25) is 0 Å². The minimum atomic E-state index is -0.374. The first kappa shape index (κ1) is 16.4. The summed E-state index contributed by atoms with van der Waals surface area (Å²) in [6, 6.07) is 7.79.